The van der Waals surface area contributed by atoms with Crippen molar-refractivity contribution in [3.8, 4) is 0 Å². The van der Waals surface area contributed by atoms with E-state index in [9.17, 15) is 4.79 Å². The van der Waals surface area contributed by atoms with Gasteiger partial charge in [0.05, 0.1) is 24.3 Å². The van der Waals surface area contributed by atoms with Gasteiger partial charge in [-0.1, -0.05) is 0 Å². The average molecular weight is 247 g/mol. The zero-order chi connectivity index (χ0) is 13.1. The molecule has 0 aliphatic rings. The summed E-state index contributed by atoms with van der Waals surface area (Å²) in [5.41, 5.74) is 7.75. The van der Waals surface area contributed by atoms with Crippen molar-refractivity contribution < 1.29 is 4.79 Å². The molecule has 0 spiro atoms. The first kappa shape index (κ1) is 12.2. The van der Waals surface area contributed by atoms with Crippen LogP contribution in [0, 0.1) is 0 Å². The maximum absolute atomic E-state index is 12.1. The zero-order valence-electron chi connectivity index (χ0n) is 10.5. The molecule has 0 aromatic carbocycles. The molecule has 0 atom stereocenters. The molecule has 0 saturated heterocycles. The SMILES string of the molecule is CC(C)n1cc(N)cc1C(=O)NCc1cnc[nH]1. The minimum Gasteiger partial charge on any atom is -0.397 e. The summed E-state index contributed by atoms with van der Waals surface area (Å²) in [6.07, 6.45) is 5.03. The predicted octanol–water partition coefficient (Wildman–Crippen LogP) is 1.30. The van der Waals surface area contributed by atoms with Gasteiger partial charge in [-0.25, -0.2) is 4.98 Å². The third-order valence-corrected chi connectivity index (χ3v) is 2.65. The fraction of sp³-hybridized carbons (Fsp3) is 0.333. The van der Waals surface area contributed by atoms with E-state index in [4.69, 9.17) is 5.73 Å². The van der Waals surface area contributed by atoms with Gasteiger partial charge in [-0.15, -0.1) is 0 Å². The highest BCUT2D eigenvalue weighted by Crippen LogP contribution is 2.16. The van der Waals surface area contributed by atoms with Gasteiger partial charge in [-0.3, -0.25) is 4.79 Å². The Kier molecular flexibility index (Phi) is 3.36. The minimum atomic E-state index is -0.144. The number of aromatic nitrogens is 3. The van der Waals surface area contributed by atoms with Gasteiger partial charge in [0.2, 0.25) is 0 Å². The molecule has 0 radical (unpaired) electrons. The standard InChI is InChI=1S/C12H17N5O/c1-8(2)17-6-9(13)3-11(17)12(18)15-5-10-4-14-7-16-10/h3-4,6-8H,5,13H2,1-2H3,(H,14,16)(H,15,18). The summed E-state index contributed by atoms with van der Waals surface area (Å²) < 4.78 is 1.86. The molecule has 2 aromatic heterocycles. The monoisotopic (exact) mass is 247 g/mol. The molecule has 2 rings (SSSR count). The number of H-pyrrole nitrogens is 1. The van der Waals surface area contributed by atoms with Crippen molar-refractivity contribution in [1.29, 1.82) is 0 Å². The maximum atomic E-state index is 12.1. The van der Waals surface area contributed by atoms with Crippen LogP contribution in [0.3, 0.4) is 0 Å². The van der Waals surface area contributed by atoms with Crippen LogP contribution in [0.1, 0.15) is 36.1 Å². The van der Waals surface area contributed by atoms with Crippen LogP contribution >= 0.6 is 0 Å². The maximum Gasteiger partial charge on any atom is 0.268 e. The molecule has 0 aliphatic heterocycles. The quantitative estimate of drug-likeness (QED) is 0.761. The molecule has 0 saturated carbocycles. The number of nitrogens with zero attached hydrogens (tertiary/aromatic N) is 2. The lowest BCUT2D eigenvalue weighted by molar-refractivity contribution is 0.0939. The molecule has 0 bridgehead atoms. The molecule has 6 nitrogen and oxygen atoms in total. The molecule has 0 aliphatic carbocycles. The Labute approximate surface area is 105 Å². The Morgan fingerprint density at radius 2 is 2.39 bits per heavy atom. The van der Waals surface area contributed by atoms with E-state index in [1.807, 2.05) is 18.4 Å². The van der Waals surface area contributed by atoms with Gasteiger partial charge in [-0.05, 0) is 19.9 Å². The van der Waals surface area contributed by atoms with Crippen LogP contribution in [0.15, 0.2) is 24.8 Å². The van der Waals surface area contributed by atoms with Gasteiger partial charge in [-0.2, -0.15) is 0 Å². The minimum absolute atomic E-state index is 0.144. The zero-order valence-corrected chi connectivity index (χ0v) is 10.5. The number of nitrogens with one attached hydrogen (secondary N) is 2. The number of rotatable bonds is 4. The summed E-state index contributed by atoms with van der Waals surface area (Å²) in [4.78, 5) is 18.9. The van der Waals surface area contributed by atoms with Gasteiger partial charge in [0.15, 0.2) is 0 Å². The molecule has 18 heavy (non-hydrogen) atoms. The Hall–Kier alpha value is -2.24. The summed E-state index contributed by atoms with van der Waals surface area (Å²) in [5, 5.41) is 2.82. The van der Waals surface area contributed by atoms with Crippen molar-refractivity contribution in [1.82, 2.24) is 19.9 Å². The van der Waals surface area contributed by atoms with E-state index < -0.39 is 0 Å². The third-order valence-electron chi connectivity index (χ3n) is 2.65. The lowest BCUT2D eigenvalue weighted by atomic mass is 10.3. The number of hydrogen-bond donors (Lipinski definition) is 3. The number of anilines is 1. The summed E-state index contributed by atoms with van der Waals surface area (Å²) in [5.74, 6) is -0.144. The molecule has 0 fully saturated rings. The fourth-order valence-electron chi connectivity index (χ4n) is 1.76. The number of nitrogens with two attached hydrogens (primary N) is 1. The average Bonchev–Trinajstić information content (AvgIpc) is 2.94. The van der Waals surface area contributed by atoms with Gasteiger partial charge in [0.25, 0.3) is 5.91 Å². The highest BCUT2D eigenvalue weighted by atomic mass is 16.1. The third kappa shape index (κ3) is 2.53. The molecular formula is C12H17N5O. The first-order valence-corrected chi connectivity index (χ1v) is 5.80. The van der Waals surface area contributed by atoms with E-state index in [1.165, 1.54) is 0 Å². The molecule has 2 heterocycles. The lowest BCUT2D eigenvalue weighted by Crippen LogP contribution is -2.25. The fourth-order valence-corrected chi connectivity index (χ4v) is 1.76. The number of hydrogen-bond acceptors (Lipinski definition) is 3. The first-order chi connectivity index (χ1) is 8.58. The van der Waals surface area contributed by atoms with Crippen LogP contribution in [0.5, 0.6) is 0 Å². The molecule has 0 unspecified atom stereocenters. The number of carbonyl (C=O) groups is 1. The van der Waals surface area contributed by atoms with Crippen LogP contribution < -0.4 is 11.1 Å². The van der Waals surface area contributed by atoms with E-state index >= 15 is 0 Å². The molecular weight excluding hydrogens is 230 g/mol. The topological polar surface area (TPSA) is 88.7 Å². The van der Waals surface area contributed by atoms with E-state index in [-0.39, 0.29) is 11.9 Å². The van der Waals surface area contributed by atoms with Crippen molar-refractivity contribution in [2.75, 3.05) is 5.73 Å². The Balaban J connectivity index is 2.09. The smallest absolute Gasteiger partial charge is 0.268 e. The Bertz CT molecular complexity index is 527. The highest BCUT2D eigenvalue weighted by Gasteiger charge is 2.14. The largest absolute Gasteiger partial charge is 0.397 e. The van der Waals surface area contributed by atoms with Gasteiger partial charge in [0.1, 0.15) is 5.69 Å². The van der Waals surface area contributed by atoms with E-state index in [2.05, 4.69) is 15.3 Å². The number of aromatic amines is 1. The number of carbonyl (C=O) groups excluding carboxylic acids is 1. The van der Waals surface area contributed by atoms with Gasteiger partial charge >= 0.3 is 0 Å². The summed E-state index contributed by atoms with van der Waals surface area (Å²) in [7, 11) is 0. The second-order valence-electron chi connectivity index (χ2n) is 4.42. The normalized spacial score (nSPS) is 10.8. The number of amides is 1. The molecule has 1 amide bonds. The van der Waals surface area contributed by atoms with Crippen LogP contribution in [0.25, 0.3) is 0 Å². The Morgan fingerprint density at radius 3 is 3.00 bits per heavy atom. The van der Waals surface area contributed by atoms with Crippen LogP contribution in [0.2, 0.25) is 0 Å². The molecule has 96 valence electrons. The number of nitrogen functional groups attached to an aromatic ring is 1. The summed E-state index contributed by atoms with van der Waals surface area (Å²) >= 11 is 0. The molecule has 4 N–H and O–H groups in total. The van der Waals surface area contributed by atoms with Crippen LogP contribution in [0.4, 0.5) is 5.69 Å². The second kappa shape index (κ2) is 4.95. The van der Waals surface area contributed by atoms with Gasteiger partial charge in [0, 0.05) is 18.4 Å². The van der Waals surface area contributed by atoms with Gasteiger partial charge < -0.3 is 20.6 Å². The van der Waals surface area contributed by atoms with Crippen LogP contribution in [-0.4, -0.2) is 20.4 Å². The van der Waals surface area contributed by atoms with E-state index in [0.717, 1.165) is 5.69 Å². The van der Waals surface area contributed by atoms with Crippen molar-refractivity contribution in [3.05, 3.63) is 36.2 Å². The molecule has 2 aromatic rings. The van der Waals surface area contributed by atoms with Crippen molar-refractivity contribution in [2.24, 2.45) is 0 Å². The second-order valence-corrected chi connectivity index (χ2v) is 4.42. The highest BCUT2D eigenvalue weighted by molar-refractivity contribution is 5.93. The van der Waals surface area contributed by atoms with Crippen molar-refractivity contribution >= 4 is 11.6 Å². The first-order valence-electron chi connectivity index (χ1n) is 5.80. The van der Waals surface area contributed by atoms with E-state index in [0.29, 0.717) is 17.9 Å². The molecule has 6 heteroatoms. The van der Waals surface area contributed by atoms with E-state index in [1.54, 1.807) is 24.8 Å². The summed E-state index contributed by atoms with van der Waals surface area (Å²) in [6, 6.07) is 1.87. The summed E-state index contributed by atoms with van der Waals surface area (Å²) in [6.45, 7) is 4.43. The van der Waals surface area contributed by atoms with Crippen molar-refractivity contribution in [3.63, 3.8) is 0 Å². The Morgan fingerprint density at radius 1 is 1.61 bits per heavy atom. The van der Waals surface area contributed by atoms with Crippen molar-refractivity contribution in [2.45, 2.75) is 26.4 Å². The number of imidazole rings is 1. The van der Waals surface area contributed by atoms with Crippen LogP contribution in [-0.2, 0) is 6.54 Å². The lowest BCUT2D eigenvalue weighted by Gasteiger charge is -2.12. The predicted molar refractivity (Wildman–Crippen MR) is 69.0 cm³/mol.